The van der Waals surface area contributed by atoms with Crippen LogP contribution in [-0.2, 0) is 14.3 Å². The molecule has 0 aromatic carbocycles. The summed E-state index contributed by atoms with van der Waals surface area (Å²) in [6.07, 6.45) is 3.95. The zero-order valence-corrected chi connectivity index (χ0v) is 11.1. The standard InChI is InChI=1S/C13H23NO3/c1-10(2)8-12(15)14-7-5-4-6-11(14)9-13(16)17-3/h10-11H,4-9H2,1-3H3. The summed E-state index contributed by atoms with van der Waals surface area (Å²) in [6.45, 7) is 4.86. The SMILES string of the molecule is COC(=O)CC1CCCCN1C(=O)CC(C)C. The maximum absolute atomic E-state index is 12.1. The minimum atomic E-state index is -0.223. The topological polar surface area (TPSA) is 46.6 Å². The van der Waals surface area contributed by atoms with Gasteiger partial charge in [-0.3, -0.25) is 9.59 Å². The molecule has 0 spiro atoms. The van der Waals surface area contributed by atoms with Crippen molar-refractivity contribution in [2.75, 3.05) is 13.7 Å². The summed E-state index contributed by atoms with van der Waals surface area (Å²) in [5.41, 5.74) is 0. The van der Waals surface area contributed by atoms with E-state index < -0.39 is 0 Å². The Hall–Kier alpha value is -1.06. The molecule has 0 bridgehead atoms. The first-order valence-corrected chi connectivity index (χ1v) is 6.41. The van der Waals surface area contributed by atoms with Crippen molar-refractivity contribution in [3.05, 3.63) is 0 Å². The fraction of sp³-hybridized carbons (Fsp3) is 0.846. The van der Waals surface area contributed by atoms with Crippen molar-refractivity contribution in [3.63, 3.8) is 0 Å². The van der Waals surface area contributed by atoms with Crippen molar-refractivity contribution >= 4 is 11.9 Å². The number of hydrogen-bond donors (Lipinski definition) is 0. The summed E-state index contributed by atoms with van der Waals surface area (Å²) in [6, 6.07) is 0.0439. The molecule has 1 rings (SSSR count). The predicted molar refractivity (Wildman–Crippen MR) is 65.4 cm³/mol. The normalized spacial score (nSPS) is 20.5. The summed E-state index contributed by atoms with van der Waals surface area (Å²) < 4.78 is 4.69. The fourth-order valence-corrected chi connectivity index (χ4v) is 2.28. The molecule has 1 fully saturated rings. The van der Waals surface area contributed by atoms with Gasteiger partial charge in [-0.25, -0.2) is 0 Å². The van der Waals surface area contributed by atoms with Gasteiger partial charge in [-0.15, -0.1) is 0 Å². The van der Waals surface area contributed by atoms with Crippen LogP contribution >= 0.6 is 0 Å². The molecule has 1 atom stereocenters. The summed E-state index contributed by atoms with van der Waals surface area (Å²) in [4.78, 5) is 25.2. The lowest BCUT2D eigenvalue weighted by Gasteiger charge is -2.35. The van der Waals surface area contributed by atoms with E-state index in [0.717, 1.165) is 25.8 Å². The quantitative estimate of drug-likeness (QED) is 0.707. The predicted octanol–water partition coefficient (Wildman–Crippen LogP) is 1.98. The highest BCUT2D eigenvalue weighted by Gasteiger charge is 2.28. The zero-order valence-electron chi connectivity index (χ0n) is 11.1. The minimum Gasteiger partial charge on any atom is -0.469 e. The molecule has 0 radical (unpaired) electrons. The second-order valence-corrected chi connectivity index (χ2v) is 5.11. The van der Waals surface area contributed by atoms with Gasteiger partial charge in [-0.2, -0.15) is 0 Å². The van der Waals surface area contributed by atoms with Gasteiger partial charge < -0.3 is 9.64 Å². The molecule has 1 aliphatic heterocycles. The van der Waals surface area contributed by atoms with Crippen LogP contribution in [0, 0.1) is 5.92 Å². The summed E-state index contributed by atoms with van der Waals surface area (Å²) in [7, 11) is 1.39. The first-order valence-electron chi connectivity index (χ1n) is 6.41. The van der Waals surface area contributed by atoms with Crippen LogP contribution in [0.15, 0.2) is 0 Å². The molecule has 1 unspecified atom stereocenters. The monoisotopic (exact) mass is 241 g/mol. The first kappa shape index (κ1) is 14.0. The maximum Gasteiger partial charge on any atom is 0.307 e. The molecule has 0 aromatic rings. The minimum absolute atomic E-state index is 0.0439. The van der Waals surface area contributed by atoms with Crippen molar-refractivity contribution in [2.24, 2.45) is 5.92 Å². The molecule has 1 aliphatic rings. The fourth-order valence-electron chi connectivity index (χ4n) is 2.28. The summed E-state index contributed by atoms with van der Waals surface area (Å²) in [5, 5.41) is 0. The van der Waals surface area contributed by atoms with Gasteiger partial charge in [0.2, 0.25) is 5.91 Å². The number of likely N-dealkylation sites (tertiary alicyclic amines) is 1. The molecule has 1 amide bonds. The van der Waals surface area contributed by atoms with Crippen LogP contribution < -0.4 is 0 Å². The Labute approximate surface area is 103 Å². The molecule has 4 nitrogen and oxygen atoms in total. The highest BCUT2D eigenvalue weighted by Crippen LogP contribution is 2.21. The first-order chi connectivity index (χ1) is 8.04. The van der Waals surface area contributed by atoms with Crippen LogP contribution in [-0.4, -0.2) is 36.5 Å². The highest BCUT2D eigenvalue weighted by molar-refractivity contribution is 5.78. The maximum atomic E-state index is 12.1. The molecule has 4 heteroatoms. The number of esters is 1. The van der Waals surface area contributed by atoms with E-state index in [1.807, 2.05) is 18.7 Å². The molecule has 0 aliphatic carbocycles. The Morgan fingerprint density at radius 3 is 2.65 bits per heavy atom. The molecule has 1 saturated heterocycles. The van der Waals surface area contributed by atoms with Gasteiger partial charge in [0.05, 0.1) is 13.5 Å². The third-order valence-electron chi connectivity index (χ3n) is 3.16. The largest absolute Gasteiger partial charge is 0.469 e. The van der Waals surface area contributed by atoms with Crippen LogP contribution in [0.1, 0.15) is 46.0 Å². The van der Waals surface area contributed by atoms with E-state index in [1.165, 1.54) is 7.11 Å². The average molecular weight is 241 g/mol. The summed E-state index contributed by atoms with van der Waals surface area (Å²) >= 11 is 0. The van der Waals surface area contributed by atoms with Gasteiger partial charge in [0.1, 0.15) is 0 Å². The Bertz CT molecular complexity index is 276. The third kappa shape index (κ3) is 4.36. The van der Waals surface area contributed by atoms with E-state index in [0.29, 0.717) is 18.8 Å². The van der Waals surface area contributed by atoms with E-state index in [2.05, 4.69) is 4.74 Å². The van der Waals surface area contributed by atoms with E-state index in [9.17, 15) is 9.59 Å². The molecule has 17 heavy (non-hydrogen) atoms. The number of hydrogen-bond acceptors (Lipinski definition) is 3. The van der Waals surface area contributed by atoms with E-state index in [1.54, 1.807) is 0 Å². The number of methoxy groups -OCH3 is 1. The van der Waals surface area contributed by atoms with Crippen molar-refractivity contribution in [2.45, 2.75) is 52.0 Å². The molecule has 98 valence electrons. The lowest BCUT2D eigenvalue weighted by atomic mass is 9.98. The van der Waals surface area contributed by atoms with Crippen molar-refractivity contribution in [1.82, 2.24) is 4.90 Å². The van der Waals surface area contributed by atoms with E-state index >= 15 is 0 Å². The zero-order chi connectivity index (χ0) is 12.8. The lowest BCUT2D eigenvalue weighted by molar-refractivity contribution is -0.144. The number of rotatable bonds is 4. The Morgan fingerprint density at radius 2 is 2.06 bits per heavy atom. The second kappa shape index (κ2) is 6.62. The molecule has 1 heterocycles. The number of nitrogens with zero attached hydrogens (tertiary/aromatic N) is 1. The number of carbonyl (C=O) groups excluding carboxylic acids is 2. The van der Waals surface area contributed by atoms with Crippen LogP contribution in [0.3, 0.4) is 0 Å². The molecular weight excluding hydrogens is 218 g/mol. The van der Waals surface area contributed by atoms with Crippen molar-refractivity contribution in [3.8, 4) is 0 Å². The van der Waals surface area contributed by atoms with E-state index in [4.69, 9.17) is 0 Å². The van der Waals surface area contributed by atoms with Crippen LogP contribution in [0.25, 0.3) is 0 Å². The van der Waals surface area contributed by atoms with Gasteiger partial charge in [0.15, 0.2) is 0 Å². The Kier molecular flexibility index (Phi) is 5.45. The molecular formula is C13H23NO3. The average Bonchev–Trinajstić information content (AvgIpc) is 2.28. The number of amides is 1. The number of ether oxygens (including phenoxy) is 1. The molecule has 0 aromatic heterocycles. The summed E-state index contributed by atoms with van der Waals surface area (Å²) in [5.74, 6) is 0.316. The Balaban J connectivity index is 2.58. The van der Waals surface area contributed by atoms with Gasteiger partial charge >= 0.3 is 5.97 Å². The van der Waals surface area contributed by atoms with Crippen LogP contribution in [0.2, 0.25) is 0 Å². The van der Waals surface area contributed by atoms with Gasteiger partial charge in [0, 0.05) is 19.0 Å². The Morgan fingerprint density at radius 1 is 1.35 bits per heavy atom. The molecule has 0 N–H and O–H groups in total. The third-order valence-corrected chi connectivity index (χ3v) is 3.16. The van der Waals surface area contributed by atoms with Gasteiger partial charge in [-0.05, 0) is 25.2 Å². The van der Waals surface area contributed by atoms with Gasteiger partial charge in [-0.1, -0.05) is 13.8 Å². The van der Waals surface area contributed by atoms with Crippen molar-refractivity contribution < 1.29 is 14.3 Å². The highest BCUT2D eigenvalue weighted by atomic mass is 16.5. The van der Waals surface area contributed by atoms with Crippen LogP contribution in [0.4, 0.5) is 0 Å². The van der Waals surface area contributed by atoms with Crippen molar-refractivity contribution in [1.29, 1.82) is 0 Å². The second-order valence-electron chi connectivity index (χ2n) is 5.11. The number of piperidine rings is 1. The van der Waals surface area contributed by atoms with Crippen LogP contribution in [0.5, 0.6) is 0 Å². The van der Waals surface area contributed by atoms with E-state index in [-0.39, 0.29) is 17.9 Å². The lowest BCUT2D eigenvalue weighted by Crippen LogP contribution is -2.45. The smallest absolute Gasteiger partial charge is 0.307 e. The number of carbonyl (C=O) groups is 2. The van der Waals surface area contributed by atoms with Gasteiger partial charge in [0.25, 0.3) is 0 Å². The molecule has 0 saturated carbocycles.